The summed E-state index contributed by atoms with van der Waals surface area (Å²) in [5.41, 5.74) is 7.30. The molecule has 90 valence electrons. The van der Waals surface area contributed by atoms with Crippen molar-refractivity contribution < 1.29 is 4.74 Å². The minimum absolute atomic E-state index is 0.0780. The van der Waals surface area contributed by atoms with Gasteiger partial charge in [-0.25, -0.2) is 0 Å². The van der Waals surface area contributed by atoms with E-state index >= 15 is 0 Å². The average Bonchev–Trinajstić information content (AvgIpc) is 2.14. The van der Waals surface area contributed by atoms with E-state index in [0.717, 1.165) is 12.2 Å². The third kappa shape index (κ3) is 5.17. The molecule has 0 aliphatic carbocycles. The molecule has 0 saturated carbocycles. The van der Waals surface area contributed by atoms with Crippen molar-refractivity contribution in [1.29, 1.82) is 0 Å². The SMILES string of the molecule is CC(N)COc1ccc(CC(C)(C)C)cc1. The van der Waals surface area contributed by atoms with Crippen LogP contribution in [0.2, 0.25) is 0 Å². The van der Waals surface area contributed by atoms with Crippen molar-refractivity contribution >= 4 is 0 Å². The van der Waals surface area contributed by atoms with E-state index < -0.39 is 0 Å². The summed E-state index contributed by atoms with van der Waals surface area (Å²) < 4.78 is 5.53. The fourth-order valence-electron chi connectivity index (χ4n) is 1.54. The Bertz CT molecular complexity index is 309. The van der Waals surface area contributed by atoms with Gasteiger partial charge in [0.15, 0.2) is 0 Å². The second-order valence-electron chi connectivity index (χ2n) is 5.67. The van der Waals surface area contributed by atoms with Gasteiger partial charge in [0.1, 0.15) is 12.4 Å². The molecule has 1 unspecified atom stereocenters. The van der Waals surface area contributed by atoms with Crippen molar-refractivity contribution in [3.8, 4) is 5.75 Å². The van der Waals surface area contributed by atoms with Gasteiger partial charge < -0.3 is 10.5 Å². The zero-order valence-corrected chi connectivity index (χ0v) is 10.8. The zero-order valence-electron chi connectivity index (χ0n) is 10.8. The normalized spacial score (nSPS) is 13.6. The monoisotopic (exact) mass is 221 g/mol. The summed E-state index contributed by atoms with van der Waals surface area (Å²) in [5, 5.41) is 0. The molecule has 16 heavy (non-hydrogen) atoms. The molecular weight excluding hydrogens is 198 g/mol. The highest BCUT2D eigenvalue weighted by Gasteiger charge is 2.10. The first kappa shape index (κ1) is 13.0. The second kappa shape index (κ2) is 5.35. The lowest BCUT2D eigenvalue weighted by atomic mass is 9.88. The quantitative estimate of drug-likeness (QED) is 0.848. The molecule has 2 N–H and O–H groups in total. The van der Waals surface area contributed by atoms with Gasteiger partial charge in [-0.05, 0) is 36.5 Å². The molecule has 0 aliphatic rings. The molecule has 1 atom stereocenters. The molecule has 0 fully saturated rings. The summed E-state index contributed by atoms with van der Waals surface area (Å²) in [6.07, 6.45) is 1.08. The third-order valence-corrected chi connectivity index (χ3v) is 2.17. The number of nitrogens with two attached hydrogens (primary N) is 1. The molecule has 1 aromatic carbocycles. The van der Waals surface area contributed by atoms with Gasteiger partial charge in [-0.2, -0.15) is 0 Å². The Morgan fingerprint density at radius 1 is 1.19 bits per heavy atom. The maximum absolute atomic E-state index is 5.63. The molecule has 0 aliphatic heterocycles. The van der Waals surface area contributed by atoms with Crippen LogP contribution in [0.15, 0.2) is 24.3 Å². The second-order valence-corrected chi connectivity index (χ2v) is 5.67. The van der Waals surface area contributed by atoms with E-state index in [1.54, 1.807) is 0 Å². The summed E-state index contributed by atoms with van der Waals surface area (Å²) in [6, 6.07) is 8.37. The zero-order chi connectivity index (χ0) is 12.2. The molecule has 2 heteroatoms. The Morgan fingerprint density at radius 3 is 2.19 bits per heavy atom. The largest absolute Gasteiger partial charge is 0.492 e. The number of rotatable bonds is 4. The van der Waals surface area contributed by atoms with Crippen LogP contribution < -0.4 is 10.5 Å². The van der Waals surface area contributed by atoms with Crippen LogP contribution in [0.1, 0.15) is 33.3 Å². The maximum atomic E-state index is 5.63. The highest BCUT2D eigenvalue weighted by Crippen LogP contribution is 2.22. The minimum Gasteiger partial charge on any atom is -0.492 e. The van der Waals surface area contributed by atoms with Crippen LogP contribution in [0.25, 0.3) is 0 Å². The van der Waals surface area contributed by atoms with Crippen molar-refractivity contribution in [1.82, 2.24) is 0 Å². The Balaban J connectivity index is 2.54. The predicted molar refractivity (Wildman–Crippen MR) is 68.7 cm³/mol. The molecule has 0 saturated heterocycles. The molecule has 0 radical (unpaired) electrons. The maximum Gasteiger partial charge on any atom is 0.119 e. The van der Waals surface area contributed by atoms with Crippen LogP contribution in [-0.4, -0.2) is 12.6 Å². The van der Waals surface area contributed by atoms with E-state index in [1.807, 2.05) is 19.1 Å². The van der Waals surface area contributed by atoms with Crippen LogP contribution in [0.5, 0.6) is 5.75 Å². The van der Waals surface area contributed by atoms with Crippen molar-refractivity contribution in [2.75, 3.05) is 6.61 Å². The summed E-state index contributed by atoms with van der Waals surface area (Å²) in [5.74, 6) is 0.898. The van der Waals surface area contributed by atoms with Crippen LogP contribution in [0, 0.1) is 5.41 Å². The van der Waals surface area contributed by atoms with Gasteiger partial charge in [-0.3, -0.25) is 0 Å². The van der Waals surface area contributed by atoms with Crippen molar-refractivity contribution in [2.45, 2.75) is 40.2 Å². The summed E-state index contributed by atoms with van der Waals surface area (Å²) in [7, 11) is 0. The summed E-state index contributed by atoms with van der Waals surface area (Å²) >= 11 is 0. The van der Waals surface area contributed by atoms with Gasteiger partial charge in [0.2, 0.25) is 0 Å². The van der Waals surface area contributed by atoms with E-state index in [9.17, 15) is 0 Å². The highest BCUT2D eigenvalue weighted by atomic mass is 16.5. The molecule has 0 aromatic heterocycles. The lowest BCUT2D eigenvalue weighted by Gasteiger charge is -2.18. The number of hydrogen-bond donors (Lipinski definition) is 1. The molecule has 1 rings (SSSR count). The fourth-order valence-corrected chi connectivity index (χ4v) is 1.54. The van der Waals surface area contributed by atoms with Crippen LogP contribution in [0.4, 0.5) is 0 Å². The van der Waals surface area contributed by atoms with Gasteiger partial charge in [-0.1, -0.05) is 32.9 Å². The Morgan fingerprint density at radius 2 is 1.75 bits per heavy atom. The van der Waals surface area contributed by atoms with Crippen LogP contribution in [-0.2, 0) is 6.42 Å². The summed E-state index contributed by atoms with van der Waals surface area (Å²) in [4.78, 5) is 0. The van der Waals surface area contributed by atoms with Crippen LogP contribution in [0.3, 0.4) is 0 Å². The topological polar surface area (TPSA) is 35.2 Å². The highest BCUT2D eigenvalue weighted by molar-refractivity contribution is 5.27. The number of ether oxygens (including phenoxy) is 1. The molecule has 1 aromatic rings. The molecule has 0 bridgehead atoms. The van der Waals surface area contributed by atoms with Crippen molar-refractivity contribution in [3.63, 3.8) is 0 Å². The van der Waals surface area contributed by atoms with Gasteiger partial charge in [0, 0.05) is 6.04 Å². The average molecular weight is 221 g/mol. The first-order valence-electron chi connectivity index (χ1n) is 5.84. The molecule has 0 heterocycles. The van der Waals surface area contributed by atoms with E-state index in [1.165, 1.54) is 5.56 Å². The van der Waals surface area contributed by atoms with Gasteiger partial charge in [-0.15, -0.1) is 0 Å². The van der Waals surface area contributed by atoms with Crippen LogP contribution >= 0.6 is 0 Å². The minimum atomic E-state index is 0.0780. The Kier molecular flexibility index (Phi) is 4.36. The molecule has 0 spiro atoms. The van der Waals surface area contributed by atoms with Gasteiger partial charge in [0.25, 0.3) is 0 Å². The standard InChI is InChI=1S/C14H23NO/c1-11(15)10-16-13-7-5-12(6-8-13)9-14(2,3)4/h5-8,11H,9-10,15H2,1-4H3. The molecular formula is C14H23NO. The van der Waals surface area contributed by atoms with Gasteiger partial charge in [0.05, 0.1) is 0 Å². The van der Waals surface area contributed by atoms with Crippen molar-refractivity contribution in [3.05, 3.63) is 29.8 Å². The fraction of sp³-hybridized carbons (Fsp3) is 0.571. The van der Waals surface area contributed by atoms with E-state index in [2.05, 4.69) is 32.9 Å². The molecule has 2 nitrogen and oxygen atoms in total. The smallest absolute Gasteiger partial charge is 0.119 e. The van der Waals surface area contributed by atoms with Gasteiger partial charge >= 0.3 is 0 Å². The predicted octanol–water partition coefficient (Wildman–Crippen LogP) is 3.00. The Labute approximate surface area is 98.8 Å². The van der Waals surface area contributed by atoms with E-state index in [-0.39, 0.29) is 6.04 Å². The third-order valence-electron chi connectivity index (χ3n) is 2.17. The number of benzene rings is 1. The number of hydrogen-bond acceptors (Lipinski definition) is 2. The van der Waals surface area contributed by atoms with E-state index in [0.29, 0.717) is 12.0 Å². The lowest BCUT2D eigenvalue weighted by molar-refractivity contribution is 0.296. The van der Waals surface area contributed by atoms with Crippen molar-refractivity contribution in [2.24, 2.45) is 11.1 Å². The molecule has 0 amide bonds. The Hall–Kier alpha value is -1.02. The summed E-state index contributed by atoms with van der Waals surface area (Å²) in [6.45, 7) is 9.24. The first-order valence-corrected chi connectivity index (χ1v) is 5.84. The lowest BCUT2D eigenvalue weighted by Crippen LogP contribution is -2.23. The van der Waals surface area contributed by atoms with E-state index in [4.69, 9.17) is 10.5 Å². The first-order chi connectivity index (χ1) is 7.37.